The minimum atomic E-state index is -0.265. The number of ether oxygens (including phenoxy) is 1. The average Bonchev–Trinajstić information content (AvgIpc) is 2.92. The van der Waals surface area contributed by atoms with Gasteiger partial charge in [0.25, 0.3) is 5.91 Å². The Bertz CT molecular complexity index is 1390. The number of anilines is 1. The number of carbonyl (C=O) groups is 1. The van der Waals surface area contributed by atoms with E-state index in [0.29, 0.717) is 52.9 Å². The van der Waals surface area contributed by atoms with E-state index in [-0.39, 0.29) is 18.1 Å². The number of amides is 1. The number of piperazine rings is 1. The molecule has 4 rings (SSSR count). The second-order valence-electron chi connectivity index (χ2n) is 8.79. The van der Waals surface area contributed by atoms with Gasteiger partial charge in [0.15, 0.2) is 0 Å². The Morgan fingerprint density at radius 2 is 1.79 bits per heavy atom. The predicted octanol–water partition coefficient (Wildman–Crippen LogP) is 7.32. The number of rotatable bonds is 8. The lowest BCUT2D eigenvalue weighted by atomic mass is 10.0. The maximum Gasteiger partial charge on any atom is 0.264 e. The zero-order valence-corrected chi connectivity index (χ0v) is 23.8. The van der Waals surface area contributed by atoms with Crippen LogP contribution < -0.4 is 9.64 Å². The lowest BCUT2D eigenvalue weighted by molar-refractivity contribution is -0.126. The number of allylic oxidation sites excluding steroid dienone is 1. The SMILES string of the molecule is C=CCc1cc(/C=C(/C#N)C(=O)N2CCN(c3ccccc3)CC2)cc(Br)c1OCc1ccc(Cl)cc1Cl. The Morgan fingerprint density at radius 3 is 2.45 bits per heavy atom. The van der Waals surface area contributed by atoms with Crippen molar-refractivity contribution >= 4 is 56.8 Å². The highest BCUT2D eigenvalue weighted by Crippen LogP contribution is 2.34. The molecule has 8 heteroatoms. The molecule has 1 amide bonds. The summed E-state index contributed by atoms with van der Waals surface area (Å²) in [4.78, 5) is 17.2. The molecule has 0 aromatic heterocycles. The van der Waals surface area contributed by atoms with Crippen LogP contribution in [0, 0.1) is 11.3 Å². The highest BCUT2D eigenvalue weighted by molar-refractivity contribution is 9.10. The lowest BCUT2D eigenvalue weighted by Gasteiger charge is -2.36. The molecule has 3 aromatic rings. The van der Waals surface area contributed by atoms with Crippen molar-refractivity contribution in [3.8, 4) is 11.8 Å². The first-order valence-electron chi connectivity index (χ1n) is 12.1. The van der Waals surface area contributed by atoms with Gasteiger partial charge in [-0.2, -0.15) is 5.26 Å². The summed E-state index contributed by atoms with van der Waals surface area (Å²) < 4.78 is 6.82. The van der Waals surface area contributed by atoms with Gasteiger partial charge in [-0.15, -0.1) is 6.58 Å². The highest BCUT2D eigenvalue weighted by Gasteiger charge is 2.24. The molecule has 0 N–H and O–H groups in total. The number of hydrogen-bond acceptors (Lipinski definition) is 4. The van der Waals surface area contributed by atoms with E-state index in [4.69, 9.17) is 27.9 Å². The molecule has 194 valence electrons. The van der Waals surface area contributed by atoms with Crippen molar-refractivity contribution in [3.63, 3.8) is 0 Å². The third-order valence-corrected chi connectivity index (χ3v) is 7.42. The van der Waals surface area contributed by atoms with Crippen LogP contribution in [0.2, 0.25) is 10.0 Å². The van der Waals surface area contributed by atoms with Gasteiger partial charge in [0.1, 0.15) is 24.0 Å². The minimum absolute atomic E-state index is 0.0937. The number of nitriles is 1. The molecule has 1 saturated heterocycles. The Morgan fingerprint density at radius 1 is 1.05 bits per heavy atom. The molecule has 0 atom stereocenters. The first kappa shape index (κ1) is 27.8. The van der Waals surface area contributed by atoms with Gasteiger partial charge >= 0.3 is 0 Å². The molecule has 0 radical (unpaired) electrons. The molecule has 0 saturated carbocycles. The molecule has 0 spiro atoms. The van der Waals surface area contributed by atoms with Crippen molar-refractivity contribution < 1.29 is 9.53 Å². The quantitative estimate of drug-likeness (QED) is 0.152. The normalized spacial score (nSPS) is 13.7. The Kier molecular flexibility index (Phi) is 9.52. The van der Waals surface area contributed by atoms with Crippen LogP contribution in [0.3, 0.4) is 0 Å². The van der Waals surface area contributed by atoms with E-state index >= 15 is 0 Å². The molecule has 3 aromatic carbocycles. The number of hydrogen-bond donors (Lipinski definition) is 0. The summed E-state index contributed by atoms with van der Waals surface area (Å²) in [6.45, 7) is 6.65. The van der Waals surface area contributed by atoms with Crippen LogP contribution in [0.5, 0.6) is 5.75 Å². The van der Waals surface area contributed by atoms with Crippen molar-refractivity contribution in [1.82, 2.24) is 4.90 Å². The van der Waals surface area contributed by atoms with Crippen LogP contribution in [0.4, 0.5) is 5.69 Å². The standard InChI is InChI=1S/C30H26BrCl2N3O2/c1-2-6-22-15-21(17-27(31)29(22)38-20-23-9-10-25(32)18-28(23)33)16-24(19-34)30(37)36-13-11-35(12-14-36)26-7-4-3-5-8-26/h2-5,7-10,15-18H,1,6,11-14,20H2/b24-16-. The summed E-state index contributed by atoms with van der Waals surface area (Å²) in [5, 5.41) is 10.9. The fourth-order valence-corrected chi connectivity index (χ4v) is 5.40. The van der Waals surface area contributed by atoms with E-state index in [0.717, 1.165) is 22.4 Å². The highest BCUT2D eigenvalue weighted by atomic mass is 79.9. The average molecular weight is 611 g/mol. The van der Waals surface area contributed by atoms with E-state index in [2.05, 4.69) is 45.6 Å². The van der Waals surface area contributed by atoms with Gasteiger partial charge in [-0.25, -0.2) is 0 Å². The summed E-state index contributed by atoms with van der Waals surface area (Å²) in [6.07, 6.45) is 3.95. The summed E-state index contributed by atoms with van der Waals surface area (Å²) in [5.74, 6) is 0.384. The number of benzene rings is 3. The molecule has 1 fully saturated rings. The predicted molar refractivity (Wildman–Crippen MR) is 158 cm³/mol. The van der Waals surface area contributed by atoms with Gasteiger partial charge in [0.2, 0.25) is 0 Å². The Hall–Kier alpha value is -3.24. The maximum atomic E-state index is 13.2. The van der Waals surface area contributed by atoms with Gasteiger partial charge in [-0.3, -0.25) is 4.79 Å². The summed E-state index contributed by atoms with van der Waals surface area (Å²) in [6, 6.07) is 21.2. The van der Waals surface area contributed by atoms with Crippen molar-refractivity contribution in [2.75, 3.05) is 31.1 Å². The monoisotopic (exact) mass is 609 g/mol. The largest absolute Gasteiger partial charge is 0.487 e. The summed E-state index contributed by atoms with van der Waals surface area (Å²) in [5.41, 5.74) is 3.62. The second kappa shape index (κ2) is 13.0. The van der Waals surface area contributed by atoms with Crippen LogP contribution in [0.1, 0.15) is 16.7 Å². The van der Waals surface area contributed by atoms with Crippen molar-refractivity contribution in [3.05, 3.63) is 110 Å². The van der Waals surface area contributed by atoms with Crippen LogP contribution >= 0.6 is 39.1 Å². The van der Waals surface area contributed by atoms with Crippen LogP contribution in [-0.2, 0) is 17.8 Å². The van der Waals surface area contributed by atoms with Gasteiger partial charge in [0.05, 0.1) is 4.47 Å². The fraction of sp³-hybridized carbons (Fsp3) is 0.200. The van der Waals surface area contributed by atoms with Crippen LogP contribution in [-0.4, -0.2) is 37.0 Å². The zero-order valence-electron chi connectivity index (χ0n) is 20.7. The molecule has 0 bridgehead atoms. The molecule has 38 heavy (non-hydrogen) atoms. The summed E-state index contributed by atoms with van der Waals surface area (Å²) >= 11 is 15.9. The van der Waals surface area contributed by atoms with Gasteiger partial charge in [0, 0.05) is 47.5 Å². The van der Waals surface area contributed by atoms with E-state index < -0.39 is 0 Å². The molecule has 1 heterocycles. The molecular formula is C30H26BrCl2N3O2. The van der Waals surface area contributed by atoms with E-state index in [9.17, 15) is 10.1 Å². The fourth-order valence-electron chi connectivity index (χ4n) is 4.30. The molecule has 1 aliphatic rings. The molecule has 0 aliphatic carbocycles. The van der Waals surface area contributed by atoms with Gasteiger partial charge in [-0.1, -0.05) is 53.5 Å². The van der Waals surface area contributed by atoms with Gasteiger partial charge < -0.3 is 14.5 Å². The van der Waals surface area contributed by atoms with Crippen molar-refractivity contribution in [2.24, 2.45) is 0 Å². The topological polar surface area (TPSA) is 56.6 Å². The number of para-hydroxylation sites is 1. The van der Waals surface area contributed by atoms with E-state index in [1.54, 1.807) is 29.2 Å². The molecule has 5 nitrogen and oxygen atoms in total. The lowest BCUT2D eigenvalue weighted by Crippen LogP contribution is -2.49. The first-order chi connectivity index (χ1) is 18.4. The molecule has 0 unspecified atom stereocenters. The Labute approximate surface area is 241 Å². The first-order valence-corrected chi connectivity index (χ1v) is 13.7. The van der Waals surface area contributed by atoms with Crippen molar-refractivity contribution in [2.45, 2.75) is 13.0 Å². The number of carbonyl (C=O) groups excluding carboxylic acids is 1. The third kappa shape index (κ3) is 6.79. The Balaban J connectivity index is 1.50. The summed E-state index contributed by atoms with van der Waals surface area (Å²) in [7, 11) is 0. The third-order valence-electron chi connectivity index (χ3n) is 6.24. The van der Waals surface area contributed by atoms with Gasteiger partial charge in [-0.05, 0) is 76.0 Å². The van der Waals surface area contributed by atoms with Crippen LogP contribution in [0.15, 0.2) is 83.4 Å². The van der Waals surface area contributed by atoms with E-state index in [1.165, 1.54) is 0 Å². The van der Waals surface area contributed by atoms with E-state index in [1.807, 2.05) is 36.4 Å². The molecule has 1 aliphatic heterocycles. The molecular weight excluding hydrogens is 585 g/mol. The number of halogens is 3. The second-order valence-corrected chi connectivity index (χ2v) is 10.5. The maximum absolute atomic E-state index is 13.2. The van der Waals surface area contributed by atoms with Crippen LogP contribution in [0.25, 0.3) is 6.08 Å². The van der Waals surface area contributed by atoms with Crippen molar-refractivity contribution in [1.29, 1.82) is 5.26 Å². The zero-order chi connectivity index (χ0) is 27.1. The minimum Gasteiger partial charge on any atom is -0.487 e. The smallest absolute Gasteiger partial charge is 0.264 e. The number of nitrogens with zero attached hydrogens (tertiary/aromatic N) is 3.